The minimum Gasteiger partial charge on any atom is -0.378 e. The van der Waals surface area contributed by atoms with E-state index < -0.39 is 0 Å². The number of morpholine rings is 1. The van der Waals surface area contributed by atoms with Crippen molar-refractivity contribution in [3.63, 3.8) is 0 Å². The molecule has 3 saturated heterocycles. The molecule has 3 aliphatic rings. The largest absolute Gasteiger partial charge is 0.378 e. The molecule has 142 valence electrons. The molecule has 0 aromatic rings. The Balaban J connectivity index is 1.54. The van der Waals surface area contributed by atoms with Crippen molar-refractivity contribution in [1.29, 1.82) is 0 Å². The highest BCUT2D eigenvalue weighted by atomic mass is 16.5. The van der Waals surface area contributed by atoms with E-state index in [2.05, 4.69) is 11.9 Å². The van der Waals surface area contributed by atoms with E-state index in [1.165, 1.54) is 0 Å². The van der Waals surface area contributed by atoms with Crippen molar-refractivity contribution in [2.24, 2.45) is 5.41 Å². The van der Waals surface area contributed by atoms with Gasteiger partial charge in [-0.2, -0.15) is 0 Å². The van der Waals surface area contributed by atoms with Gasteiger partial charge in [0.2, 0.25) is 11.8 Å². The zero-order valence-corrected chi connectivity index (χ0v) is 15.5. The summed E-state index contributed by atoms with van der Waals surface area (Å²) in [5.41, 5.74) is 0.170. The Morgan fingerprint density at radius 1 is 1.12 bits per heavy atom. The monoisotopic (exact) mass is 353 g/mol. The van der Waals surface area contributed by atoms with Crippen molar-refractivity contribution in [1.82, 2.24) is 14.7 Å². The maximum absolute atomic E-state index is 12.9. The predicted molar refractivity (Wildman–Crippen MR) is 93.2 cm³/mol. The summed E-state index contributed by atoms with van der Waals surface area (Å²) in [6.45, 7) is 7.84. The molecular weight excluding hydrogens is 322 g/mol. The number of carbonyl (C=O) groups is 2. The lowest BCUT2D eigenvalue weighted by Gasteiger charge is -2.39. The second-order valence-corrected chi connectivity index (χ2v) is 7.59. The van der Waals surface area contributed by atoms with Crippen LogP contribution in [0.4, 0.5) is 0 Å². The number of likely N-dealkylation sites (tertiary alicyclic amines) is 2. The minimum atomic E-state index is -0.0243. The third kappa shape index (κ3) is 4.15. The summed E-state index contributed by atoms with van der Waals surface area (Å²) in [6.07, 6.45) is 2.86. The maximum atomic E-state index is 12.9. The van der Waals surface area contributed by atoms with Gasteiger partial charge in [-0.3, -0.25) is 14.5 Å². The summed E-state index contributed by atoms with van der Waals surface area (Å²) in [5, 5.41) is 0. The molecule has 3 rings (SSSR count). The van der Waals surface area contributed by atoms with Crippen molar-refractivity contribution in [2.45, 2.75) is 32.2 Å². The van der Waals surface area contributed by atoms with E-state index in [-0.39, 0.29) is 29.9 Å². The van der Waals surface area contributed by atoms with Crippen molar-refractivity contribution < 1.29 is 19.1 Å². The molecule has 1 unspecified atom stereocenters. The molecule has 3 fully saturated rings. The molecule has 0 radical (unpaired) electrons. The van der Waals surface area contributed by atoms with Crippen molar-refractivity contribution in [2.75, 3.05) is 66.2 Å². The van der Waals surface area contributed by atoms with E-state index in [0.29, 0.717) is 32.9 Å². The van der Waals surface area contributed by atoms with Gasteiger partial charge >= 0.3 is 0 Å². The van der Waals surface area contributed by atoms with E-state index in [1.54, 1.807) is 0 Å². The van der Waals surface area contributed by atoms with Crippen LogP contribution in [0.15, 0.2) is 0 Å². The first-order valence-electron chi connectivity index (χ1n) is 9.47. The Labute approximate surface area is 150 Å². The first kappa shape index (κ1) is 18.6. The molecule has 0 bridgehead atoms. The lowest BCUT2D eigenvalue weighted by atomic mass is 9.76. The number of ether oxygens (including phenoxy) is 2. The molecule has 7 heteroatoms. The molecule has 0 aromatic heterocycles. The Morgan fingerprint density at radius 2 is 1.80 bits per heavy atom. The Morgan fingerprint density at radius 3 is 2.44 bits per heavy atom. The number of hydrogen-bond acceptors (Lipinski definition) is 5. The molecule has 0 N–H and O–H groups in total. The van der Waals surface area contributed by atoms with Crippen molar-refractivity contribution in [3.05, 3.63) is 0 Å². The number of likely N-dealkylation sites (N-methyl/N-ethyl adjacent to an activating group) is 1. The van der Waals surface area contributed by atoms with Gasteiger partial charge in [0.15, 0.2) is 0 Å². The average Bonchev–Trinajstić information content (AvgIpc) is 2.96. The summed E-state index contributed by atoms with van der Waals surface area (Å²) in [7, 11) is 2.06. The normalized spacial score (nSPS) is 27.0. The van der Waals surface area contributed by atoms with Crippen LogP contribution in [0, 0.1) is 5.41 Å². The molecule has 0 saturated carbocycles. The van der Waals surface area contributed by atoms with E-state index in [9.17, 15) is 9.59 Å². The molecule has 0 aromatic carbocycles. The first-order chi connectivity index (χ1) is 12.0. The zero-order valence-electron chi connectivity index (χ0n) is 15.5. The number of carbonyl (C=O) groups excluding carboxylic acids is 2. The van der Waals surface area contributed by atoms with Gasteiger partial charge in [-0.25, -0.2) is 0 Å². The van der Waals surface area contributed by atoms with Crippen molar-refractivity contribution >= 4 is 11.8 Å². The molecule has 1 atom stereocenters. The number of rotatable bonds is 4. The molecule has 1 spiro atoms. The molecule has 2 amide bonds. The fraction of sp³-hybridized carbons (Fsp3) is 0.889. The number of piperidine rings is 1. The minimum absolute atomic E-state index is 0.0243. The lowest BCUT2D eigenvalue weighted by Crippen LogP contribution is -2.48. The highest BCUT2D eigenvalue weighted by molar-refractivity contribution is 5.82. The number of amides is 2. The van der Waals surface area contributed by atoms with E-state index in [0.717, 1.165) is 38.9 Å². The lowest BCUT2D eigenvalue weighted by molar-refractivity contribution is -0.140. The van der Waals surface area contributed by atoms with E-state index in [1.807, 2.05) is 16.7 Å². The topological polar surface area (TPSA) is 62.3 Å². The highest BCUT2D eigenvalue weighted by Crippen LogP contribution is 2.43. The van der Waals surface area contributed by atoms with E-state index >= 15 is 0 Å². The van der Waals surface area contributed by atoms with Crippen LogP contribution >= 0.6 is 0 Å². The van der Waals surface area contributed by atoms with Crippen LogP contribution in [0.5, 0.6) is 0 Å². The maximum Gasteiger partial charge on any atom is 0.248 e. The third-order valence-electron chi connectivity index (χ3n) is 5.96. The van der Waals surface area contributed by atoms with Gasteiger partial charge in [-0.05, 0) is 38.6 Å². The first-order valence-corrected chi connectivity index (χ1v) is 9.47. The molecule has 25 heavy (non-hydrogen) atoms. The standard InChI is InChI=1S/C18H31N3O4/c1-3-24-13-16(22)20-6-4-18(5-7-20)12-15(19(2)14-18)17(23)21-8-10-25-11-9-21/h15H,3-14H2,1-2H3. The highest BCUT2D eigenvalue weighted by Gasteiger charge is 2.47. The van der Waals surface area contributed by atoms with Crippen LogP contribution in [0.2, 0.25) is 0 Å². The summed E-state index contributed by atoms with van der Waals surface area (Å²) >= 11 is 0. The van der Waals surface area contributed by atoms with Gasteiger partial charge in [-0.15, -0.1) is 0 Å². The van der Waals surface area contributed by atoms with Crippen LogP contribution < -0.4 is 0 Å². The number of hydrogen-bond donors (Lipinski definition) is 0. The van der Waals surface area contributed by atoms with Crippen LogP contribution in [0.25, 0.3) is 0 Å². The summed E-state index contributed by atoms with van der Waals surface area (Å²) in [6, 6.07) is -0.0243. The Bertz CT molecular complexity index is 485. The smallest absolute Gasteiger partial charge is 0.248 e. The molecular formula is C18H31N3O4. The van der Waals surface area contributed by atoms with Gasteiger partial charge < -0.3 is 19.3 Å². The van der Waals surface area contributed by atoms with Crippen LogP contribution in [0.3, 0.4) is 0 Å². The number of nitrogens with zero attached hydrogens (tertiary/aromatic N) is 3. The molecule has 3 heterocycles. The van der Waals surface area contributed by atoms with Gasteiger partial charge in [0.25, 0.3) is 0 Å². The van der Waals surface area contributed by atoms with Gasteiger partial charge in [0.05, 0.1) is 19.3 Å². The van der Waals surface area contributed by atoms with Crippen LogP contribution in [-0.4, -0.2) is 98.8 Å². The summed E-state index contributed by atoms with van der Waals surface area (Å²) in [5.74, 6) is 0.335. The Kier molecular flexibility index (Phi) is 5.96. The summed E-state index contributed by atoms with van der Waals surface area (Å²) in [4.78, 5) is 31.1. The van der Waals surface area contributed by atoms with Crippen LogP contribution in [-0.2, 0) is 19.1 Å². The predicted octanol–water partition coefficient (Wildman–Crippen LogP) is 0.195. The zero-order chi connectivity index (χ0) is 17.9. The molecule has 0 aliphatic carbocycles. The average molecular weight is 353 g/mol. The fourth-order valence-electron chi connectivity index (χ4n) is 4.41. The van der Waals surface area contributed by atoms with E-state index in [4.69, 9.17) is 9.47 Å². The molecule has 7 nitrogen and oxygen atoms in total. The second kappa shape index (κ2) is 8.01. The Hall–Kier alpha value is -1.18. The van der Waals surface area contributed by atoms with Gasteiger partial charge in [-0.1, -0.05) is 0 Å². The summed E-state index contributed by atoms with van der Waals surface area (Å²) < 4.78 is 10.6. The SMILES string of the molecule is CCOCC(=O)N1CCC2(CC1)CC(C(=O)N1CCOCC1)N(C)C2. The van der Waals surface area contributed by atoms with Crippen molar-refractivity contribution in [3.8, 4) is 0 Å². The third-order valence-corrected chi connectivity index (χ3v) is 5.96. The quantitative estimate of drug-likeness (QED) is 0.722. The van der Waals surface area contributed by atoms with Gasteiger partial charge in [0.1, 0.15) is 6.61 Å². The van der Waals surface area contributed by atoms with Crippen LogP contribution in [0.1, 0.15) is 26.2 Å². The van der Waals surface area contributed by atoms with Gasteiger partial charge in [0, 0.05) is 39.3 Å². The second-order valence-electron chi connectivity index (χ2n) is 7.59. The molecule has 3 aliphatic heterocycles. The fourth-order valence-corrected chi connectivity index (χ4v) is 4.41.